The number of hydrogen-bond acceptors (Lipinski definition) is 2. The van der Waals surface area contributed by atoms with Crippen LogP contribution in [0.25, 0.3) is 0 Å². The lowest BCUT2D eigenvalue weighted by molar-refractivity contribution is -0.248. The van der Waals surface area contributed by atoms with E-state index < -0.39 is 6.11 Å². The molecule has 3 rings (SSSR count). The van der Waals surface area contributed by atoms with Crippen molar-refractivity contribution in [3.05, 3.63) is 82.9 Å². The Labute approximate surface area is 171 Å². The number of nitrogens with zero attached hydrogens (tertiary/aromatic N) is 1. The van der Waals surface area contributed by atoms with E-state index >= 15 is 0 Å². The quantitative estimate of drug-likeness (QED) is 0.488. The Morgan fingerprint density at radius 3 is 2.28 bits per heavy atom. The van der Waals surface area contributed by atoms with E-state index in [2.05, 4.69) is 19.1 Å². The molecular weight excluding hydrogens is 368 g/mol. The summed E-state index contributed by atoms with van der Waals surface area (Å²) in [6.07, 6.45) is 5.97. The van der Waals surface area contributed by atoms with Crippen molar-refractivity contribution in [2.24, 2.45) is 5.92 Å². The summed E-state index contributed by atoms with van der Waals surface area (Å²) in [7, 11) is 0. The van der Waals surface area contributed by atoms with Crippen LogP contribution in [0.2, 0.25) is 0 Å². The van der Waals surface area contributed by atoms with E-state index in [0.717, 1.165) is 36.8 Å². The van der Waals surface area contributed by atoms with Gasteiger partial charge in [-0.05, 0) is 74.1 Å². The van der Waals surface area contributed by atoms with Crippen LogP contribution in [-0.4, -0.2) is 6.61 Å². The number of halogens is 2. The molecule has 0 saturated heterocycles. The average molecular weight is 395 g/mol. The summed E-state index contributed by atoms with van der Waals surface area (Å²) in [5.41, 5.74) is 2.45. The van der Waals surface area contributed by atoms with Crippen LogP contribution in [-0.2, 0) is 17.3 Å². The molecule has 29 heavy (non-hydrogen) atoms. The molecule has 0 bridgehead atoms. The average Bonchev–Trinajstić information content (AvgIpc) is 2.75. The first kappa shape index (κ1) is 21.2. The summed E-state index contributed by atoms with van der Waals surface area (Å²) >= 11 is 0. The fraction of sp³-hybridized carbons (Fsp3) is 0.400. The number of allylic oxidation sites excluding steroid dienone is 2. The van der Waals surface area contributed by atoms with Gasteiger partial charge in [0.25, 0.3) is 0 Å². The number of rotatable bonds is 7. The fourth-order valence-corrected chi connectivity index (χ4v) is 3.99. The molecule has 0 heterocycles. The Kier molecular flexibility index (Phi) is 7.17. The van der Waals surface area contributed by atoms with E-state index in [1.807, 2.05) is 18.2 Å². The lowest BCUT2D eigenvalue weighted by atomic mass is 9.78. The summed E-state index contributed by atoms with van der Waals surface area (Å²) in [4.78, 5) is 0. The monoisotopic (exact) mass is 395 g/mol. The second kappa shape index (κ2) is 9.80. The smallest absolute Gasteiger partial charge is 0.316 e. The highest BCUT2D eigenvalue weighted by molar-refractivity contribution is 5.31. The highest BCUT2D eigenvalue weighted by atomic mass is 19.3. The minimum atomic E-state index is -3.31. The van der Waals surface area contributed by atoms with Crippen LogP contribution in [0.5, 0.6) is 0 Å². The van der Waals surface area contributed by atoms with E-state index in [1.165, 1.54) is 12.1 Å². The Hall–Kier alpha value is -2.51. The first-order chi connectivity index (χ1) is 14.0. The van der Waals surface area contributed by atoms with Gasteiger partial charge in [0.2, 0.25) is 0 Å². The zero-order valence-corrected chi connectivity index (χ0v) is 16.8. The van der Waals surface area contributed by atoms with E-state index in [4.69, 9.17) is 10.00 Å². The van der Waals surface area contributed by atoms with Gasteiger partial charge in [0.05, 0.1) is 23.8 Å². The van der Waals surface area contributed by atoms with E-state index in [-0.39, 0.29) is 12.2 Å². The summed E-state index contributed by atoms with van der Waals surface area (Å²) < 4.78 is 33.7. The Morgan fingerprint density at radius 1 is 1.03 bits per heavy atom. The highest BCUT2D eigenvalue weighted by Crippen LogP contribution is 2.37. The predicted molar refractivity (Wildman–Crippen MR) is 111 cm³/mol. The second-order valence-corrected chi connectivity index (χ2v) is 7.68. The molecule has 1 aliphatic rings. The first-order valence-electron chi connectivity index (χ1n) is 10.3. The molecule has 1 aliphatic carbocycles. The molecule has 1 fully saturated rings. The Balaban J connectivity index is 1.53. The van der Waals surface area contributed by atoms with Crippen molar-refractivity contribution >= 4 is 0 Å². The van der Waals surface area contributed by atoms with Crippen LogP contribution in [0.15, 0.2) is 60.7 Å². The maximum atomic E-state index is 14.4. The van der Waals surface area contributed by atoms with E-state index in [9.17, 15) is 8.78 Å². The molecule has 0 radical (unpaired) electrons. The third-order valence-corrected chi connectivity index (χ3v) is 5.71. The minimum Gasteiger partial charge on any atom is -0.316 e. The van der Waals surface area contributed by atoms with Crippen molar-refractivity contribution in [1.29, 1.82) is 5.26 Å². The standard InChI is InChI=1S/C25H27F2NO/c1-2-3-19-8-10-22(11-9-19)23-12-14-24(15-13-23)25(26,27)29-17-16-20-4-6-21(18-28)7-5-20/h2-7,12-15,19,22H,8-11,16-17H2,1H3/b3-2+/t19-,22-. The maximum Gasteiger partial charge on any atom is 0.383 e. The third-order valence-electron chi connectivity index (χ3n) is 5.71. The topological polar surface area (TPSA) is 33.0 Å². The molecule has 2 nitrogen and oxygen atoms in total. The summed E-state index contributed by atoms with van der Waals surface area (Å²) in [6.45, 7) is 1.97. The Bertz CT molecular complexity index is 842. The van der Waals surface area contributed by atoms with Gasteiger partial charge in [0.1, 0.15) is 0 Å². The van der Waals surface area contributed by atoms with Crippen LogP contribution >= 0.6 is 0 Å². The van der Waals surface area contributed by atoms with Gasteiger partial charge in [-0.3, -0.25) is 0 Å². The van der Waals surface area contributed by atoms with Crippen molar-refractivity contribution in [2.45, 2.75) is 51.1 Å². The van der Waals surface area contributed by atoms with Crippen molar-refractivity contribution < 1.29 is 13.5 Å². The lowest BCUT2D eigenvalue weighted by Crippen LogP contribution is -2.20. The molecule has 1 saturated carbocycles. The SMILES string of the molecule is C/C=C/[C@H]1CC[C@H](c2ccc(C(F)(F)OCCc3ccc(C#N)cc3)cc2)CC1. The number of alkyl halides is 2. The molecule has 2 aromatic carbocycles. The molecule has 0 amide bonds. The van der Waals surface area contributed by atoms with Crippen LogP contribution in [0, 0.1) is 17.2 Å². The summed E-state index contributed by atoms with van der Waals surface area (Å²) in [6, 6.07) is 15.6. The van der Waals surface area contributed by atoms with Crippen LogP contribution in [0.4, 0.5) is 8.78 Å². The van der Waals surface area contributed by atoms with Gasteiger partial charge in [-0.15, -0.1) is 0 Å². The number of hydrogen-bond donors (Lipinski definition) is 0. The maximum absolute atomic E-state index is 14.4. The molecule has 0 unspecified atom stereocenters. The van der Waals surface area contributed by atoms with E-state index in [1.54, 1.807) is 24.3 Å². The Morgan fingerprint density at radius 2 is 1.69 bits per heavy atom. The number of nitriles is 1. The normalized spacial score (nSPS) is 19.9. The number of benzene rings is 2. The highest BCUT2D eigenvalue weighted by Gasteiger charge is 2.33. The van der Waals surface area contributed by atoms with Crippen molar-refractivity contribution in [3.8, 4) is 6.07 Å². The summed E-state index contributed by atoms with van der Waals surface area (Å²) in [5.74, 6) is 1.11. The third kappa shape index (κ3) is 5.74. The van der Waals surface area contributed by atoms with Crippen molar-refractivity contribution in [3.63, 3.8) is 0 Å². The van der Waals surface area contributed by atoms with Gasteiger partial charge in [-0.2, -0.15) is 14.0 Å². The fourth-order valence-electron chi connectivity index (χ4n) is 3.99. The molecule has 152 valence electrons. The van der Waals surface area contributed by atoms with Gasteiger partial charge in [-0.1, -0.05) is 48.6 Å². The molecule has 0 aliphatic heterocycles. The van der Waals surface area contributed by atoms with Gasteiger partial charge in [0, 0.05) is 0 Å². The molecule has 0 aromatic heterocycles. The molecular formula is C25H27F2NO. The molecule has 2 aromatic rings. The second-order valence-electron chi connectivity index (χ2n) is 7.68. The van der Waals surface area contributed by atoms with Crippen LogP contribution in [0.3, 0.4) is 0 Å². The zero-order valence-electron chi connectivity index (χ0n) is 16.8. The first-order valence-corrected chi connectivity index (χ1v) is 10.3. The van der Waals surface area contributed by atoms with Gasteiger partial charge in [0.15, 0.2) is 0 Å². The van der Waals surface area contributed by atoms with Gasteiger partial charge >= 0.3 is 6.11 Å². The van der Waals surface area contributed by atoms with E-state index in [0.29, 0.717) is 23.8 Å². The van der Waals surface area contributed by atoms with Gasteiger partial charge in [-0.25, -0.2) is 0 Å². The zero-order chi connectivity index (χ0) is 20.7. The van der Waals surface area contributed by atoms with Gasteiger partial charge < -0.3 is 4.74 Å². The van der Waals surface area contributed by atoms with Crippen molar-refractivity contribution in [1.82, 2.24) is 0 Å². The molecule has 0 atom stereocenters. The number of ether oxygens (including phenoxy) is 1. The largest absolute Gasteiger partial charge is 0.383 e. The van der Waals surface area contributed by atoms with Crippen LogP contribution < -0.4 is 0 Å². The predicted octanol–water partition coefficient (Wildman–Crippen LogP) is 6.72. The minimum absolute atomic E-state index is 0.0877. The summed E-state index contributed by atoms with van der Waals surface area (Å²) in [5, 5.41) is 8.80. The lowest BCUT2D eigenvalue weighted by Gasteiger charge is -2.27. The van der Waals surface area contributed by atoms with Crippen LogP contribution in [0.1, 0.15) is 60.8 Å². The molecule has 4 heteroatoms. The van der Waals surface area contributed by atoms with Crippen molar-refractivity contribution in [2.75, 3.05) is 6.61 Å². The molecule has 0 N–H and O–H groups in total. The molecule has 0 spiro atoms.